The highest BCUT2D eigenvalue weighted by molar-refractivity contribution is 6.42. The van der Waals surface area contributed by atoms with Gasteiger partial charge in [-0.3, -0.25) is 4.79 Å². The van der Waals surface area contributed by atoms with Crippen molar-refractivity contribution in [1.82, 2.24) is 10.2 Å². The molecule has 104 valence electrons. The second-order valence-electron chi connectivity index (χ2n) is 4.70. The van der Waals surface area contributed by atoms with Gasteiger partial charge in [0.2, 0.25) is 0 Å². The maximum Gasteiger partial charge on any atom is 0.254 e. The molecule has 5 heteroatoms. The lowest BCUT2D eigenvalue weighted by Gasteiger charge is -2.34. The van der Waals surface area contributed by atoms with Crippen LogP contribution in [0, 0.1) is 0 Å². The summed E-state index contributed by atoms with van der Waals surface area (Å²) in [4.78, 5) is 14.5. The summed E-state index contributed by atoms with van der Waals surface area (Å²) in [6, 6.07) is 5.37. The average molecular weight is 301 g/mol. The summed E-state index contributed by atoms with van der Waals surface area (Å²) >= 11 is 11.9. The molecule has 1 aliphatic rings. The van der Waals surface area contributed by atoms with Crippen LogP contribution in [0.25, 0.3) is 0 Å². The van der Waals surface area contributed by atoms with Crippen molar-refractivity contribution in [2.24, 2.45) is 0 Å². The monoisotopic (exact) mass is 300 g/mol. The van der Waals surface area contributed by atoms with E-state index in [-0.39, 0.29) is 5.91 Å². The number of amides is 1. The molecular weight excluding hydrogens is 283 g/mol. The zero-order chi connectivity index (χ0) is 13.8. The van der Waals surface area contributed by atoms with E-state index >= 15 is 0 Å². The molecule has 1 aliphatic heterocycles. The molecule has 19 heavy (non-hydrogen) atoms. The largest absolute Gasteiger partial charge is 0.336 e. The number of halogens is 2. The van der Waals surface area contributed by atoms with Gasteiger partial charge in [0.25, 0.3) is 5.91 Å². The quantitative estimate of drug-likeness (QED) is 0.930. The van der Waals surface area contributed by atoms with E-state index in [1.807, 2.05) is 11.8 Å². The Kier molecular flexibility index (Phi) is 5.08. The highest BCUT2D eigenvalue weighted by Gasteiger charge is 2.25. The van der Waals surface area contributed by atoms with Crippen LogP contribution in [0.5, 0.6) is 0 Å². The van der Waals surface area contributed by atoms with Crippen molar-refractivity contribution in [1.29, 1.82) is 0 Å². The molecule has 0 unspecified atom stereocenters. The number of benzene rings is 1. The summed E-state index contributed by atoms with van der Waals surface area (Å²) in [6.45, 7) is 4.66. The van der Waals surface area contributed by atoms with Crippen molar-refractivity contribution in [3.8, 4) is 0 Å². The summed E-state index contributed by atoms with van der Waals surface area (Å²) in [5, 5.41) is 4.21. The Morgan fingerprint density at radius 2 is 2.00 bits per heavy atom. The van der Waals surface area contributed by atoms with E-state index in [9.17, 15) is 4.79 Å². The van der Waals surface area contributed by atoms with Gasteiger partial charge >= 0.3 is 0 Å². The fraction of sp³-hybridized carbons (Fsp3) is 0.500. The molecule has 1 aromatic carbocycles. The zero-order valence-electron chi connectivity index (χ0n) is 11.0. The van der Waals surface area contributed by atoms with Crippen molar-refractivity contribution >= 4 is 29.1 Å². The minimum Gasteiger partial charge on any atom is -0.336 e. The fourth-order valence-electron chi connectivity index (χ4n) is 2.48. The molecule has 1 heterocycles. The SMILES string of the molecule is CCN(C(=O)c1ccc(Cl)c(Cl)c1)C1CCNCC1. The molecule has 0 spiro atoms. The van der Waals surface area contributed by atoms with Crippen molar-refractivity contribution in [2.75, 3.05) is 19.6 Å². The summed E-state index contributed by atoms with van der Waals surface area (Å²) in [5.74, 6) is 0.0352. The number of nitrogens with zero attached hydrogens (tertiary/aromatic N) is 1. The molecule has 1 saturated heterocycles. The third-order valence-corrected chi connectivity index (χ3v) is 4.26. The molecule has 1 N–H and O–H groups in total. The van der Waals surface area contributed by atoms with Crippen LogP contribution in [-0.2, 0) is 0 Å². The number of carbonyl (C=O) groups excluding carboxylic acids is 1. The second kappa shape index (κ2) is 6.60. The first kappa shape index (κ1) is 14.6. The Balaban J connectivity index is 2.17. The van der Waals surface area contributed by atoms with E-state index in [4.69, 9.17) is 23.2 Å². The Bertz CT molecular complexity index is 459. The minimum absolute atomic E-state index is 0.0352. The van der Waals surface area contributed by atoms with Crippen molar-refractivity contribution < 1.29 is 4.79 Å². The normalized spacial score (nSPS) is 16.4. The van der Waals surface area contributed by atoms with Gasteiger partial charge in [0, 0.05) is 18.2 Å². The predicted molar refractivity (Wildman–Crippen MR) is 79.1 cm³/mol. The molecule has 0 bridgehead atoms. The molecule has 0 aromatic heterocycles. The van der Waals surface area contributed by atoms with Crippen LogP contribution >= 0.6 is 23.2 Å². The first-order valence-electron chi connectivity index (χ1n) is 6.60. The third-order valence-electron chi connectivity index (χ3n) is 3.52. The summed E-state index contributed by atoms with van der Waals surface area (Å²) in [6.07, 6.45) is 2.00. The van der Waals surface area contributed by atoms with Gasteiger partial charge in [0.05, 0.1) is 10.0 Å². The molecule has 2 rings (SSSR count). The number of hydrogen-bond acceptors (Lipinski definition) is 2. The Labute approximate surface area is 123 Å². The summed E-state index contributed by atoms with van der Waals surface area (Å²) in [7, 11) is 0. The molecule has 3 nitrogen and oxygen atoms in total. The summed E-state index contributed by atoms with van der Waals surface area (Å²) in [5.41, 5.74) is 0.606. The average Bonchev–Trinajstić information content (AvgIpc) is 2.44. The summed E-state index contributed by atoms with van der Waals surface area (Å²) < 4.78 is 0. The maximum atomic E-state index is 12.5. The van der Waals surface area contributed by atoms with Crippen LogP contribution in [0.2, 0.25) is 10.0 Å². The molecule has 1 fully saturated rings. The van der Waals surface area contributed by atoms with Gasteiger partial charge in [-0.25, -0.2) is 0 Å². The standard InChI is InChI=1S/C14H18Cl2N2O/c1-2-18(11-5-7-17-8-6-11)14(19)10-3-4-12(15)13(16)9-10/h3-4,9,11,17H,2,5-8H2,1H3. The van der Waals surface area contributed by atoms with Crippen LogP contribution < -0.4 is 5.32 Å². The van der Waals surface area contributed by atoms with E-state index < -0.39 is 0 Å². The van der Waals surface area contributed by atoms with Crippen LogP contribution in [-0.4, -0.2) is 36.5 Å². The van der Waals surface area contributed by atoms with Crippen LogP contribution in [0.1, 0.15) is 30.1 Å². The number of rotatable bonds is 3. The van der Waals surface area contributed by atoms with E-state index in [1.165, 1.54) is 0 Å². The van der Waals surface area contributed by atoms with Crippen LogP contribution in [0.15, 0.2) is 18.2 Å². The molecule has 1 amide bonds. The molecular formula is C14H18Cl2N2O. The maximum absolute atomic E-state index is 12.5. The van der Waals surface area contributed by atoms with Gasteiger partial charge < -0.3 is 10.2 Å². The van der Waals surface area contributed by atoms with E-state index in [2.05, 4.69) is 5.32 Å². The van der Waals surface area contributed by atoms with Crippen molar-refractivity contribution in [3.63, 3.8) is 0 Å². The zero-order valence-corrected chi connectivity index (χ0v) is 12.5. The van der Waals surface area contributed by atoms with Gasteiger partial charge in [-0.2, -0.15) is 0 Å². The number of hydrogen-bond donors (Lipinski definition) is 1. The Morgan fingerprint density at radius 1 is 1.32 bits per heavy atom. The lowest BCUT2D eigenvalue weighted by molar-refractivity contribution is 0.0656. The topological polar surface area (TPSA) is 32.3 Å². The van der Waals surface area contributed by atoms with Gasteiger partial charge in [0.1, 0.15) is 0 Å². The molecule has 0 saturated carbocycles. The minimum atomic E-state index is 0.0352. The number of nitrogens with one attached hydrogen (secondary N) is 1. The van der Waals surface area contributed by atoms with E-state index in [0.29, 0.717) is 28.2 Å². The molecule has 0 radical (unpaired) electrons. The van der Waals surface area contributed by atoms with Crippen molar-refractivity contribution in [2.45, 2.75) is 25.8 Å². The third kappa shape index (κ3) is 3.41. The van der Waals surface area contributed by atoms with Crippen molar-refractivity contribution in [3.05, 3.63) is 33.8 Å². The predicted octanol–water partition coefficient (Wildman–Crippen LogP) is 3.21. The fourth-order valence-corrected chi connectivity index (χ4v) is 2.78. The number of carbonyl (C=O) groups is 1. The molecule has 0 atom stereocenters. The second-order valence-corrected chi connectivity index (χ2v) is 5.52. The Morgan fingerprint density at radius 3 is 2.58 bits per heavy atom. The highest BCUT2D eigenvalue weighted by atomic mass is 35.5. The van der Waals surface area contributed by atoms with Crippen LogP contribution in [0.4, 0.5) is 0 Å². The van der Waals surface area contributed by atoms with Gasteiger partial charge in [-0.05, 0) is 51.1 Å². The highest BCUT2D eigenvalue weighted by Crippen LogP contribution is 2.24. The first-order valence-corrected chi connectivity index (χ1v) is 7.35. The molecule has 0 aliphatic carbocycles. The lowest BCUT2D eigenvalue weighted by atomic mass is 10.0. The lowest BCUT2D eigenvalue weighted by Crippen LogP contribution is -2.46. The smallest absolute Gasteiger partial charge is 0.254 e. The van der Waals surface area contributed by atoms with Gasteiger partial charge in [-0.15, -0.1) is 0 Å². The van der Waals surface area contributed by atoms with Crippen LogP contribution in [0.3, 0.4) is 0 Å². The Hall–Kier alpha value is -0.770. The van der Waals surface area contributed by atoms with Gasteiger partial charge in [0.15, 0.2) is 0 Å². The van der Waals surface area contributed by atoms with E-state index in [0.717, 1.165) is 25.9 Å². The van der Waals surface area contributed by atoms with E-state index in [1.54, 1.807) is 18.2 Å². The molecule has 1 aromatic rings. The number of piperidine rings is 1. The van der Waals surface area contributed by atoms with Gasteiger partial charge in [-0.1, -0.05) is 23.2 Å². The first-order chi connectivity index (χ1) is 9.13.